The average Bonchev–Trinajstić information content (AvgIpc) is 2.35. The fourth-order valence-electron chi connectivity index (χ4n) is 1.59. The van der Waals surface area contributed by atoms with Crippen LogP contribution in [0.2, 0.25) is 5.15 Å². The first kappa shape index (κ1) is 13.4. The van der Waals surface area contributed by atoms with Gasteiger partial charge in [0.05, 0.1) is 10.2 Å². The number of nitrogens with zero attached hydrogens (tertiary/aromatic N) is 3. The van der Waals surface area contributed by atoms with Crippen LogP contribution in [0, 0.1) is 5.92 Å². The van der Waals surface area contributed by atoms with Crippen LogP contribution in [0.4, 0.5) is 0 Å². The molecular weight excluding hydrogens is 314 g/mol. The molecule has 0 aromatic carbocycles. The van der Waals surface area contributed by atoms with Crippen molar-refractivity contribution < 1.29 is 0 Å². The molecule has 0 radical (unpaired) electrons. The highest BCUT2D eigenvalue weighted by Crippen LogP contribution is 2.27. The highest BCUT2D eigenvalue weighted by molar-refractivity contribution is 9.10. The zero-order chi connectivity index (χ0) is 13.1. The van der Waals surface area contributed by atoms with Gasteiger partial charge in [0, 0.05) is 6.20 Å². The van der Waals surface area contributed by atoms with Crippen molar-refractivity contribution in [1.29, 1.82) is 0 Å². The molecule has 0 saturated carbocycles. The topological polar surface area (TPSA) is 38.7 Å². The van der Waals surface area contributed by atoms with Crippen LogP contribution in [0.25, 0.3) is 11.5 Å². The summed E-state index contributed by atoms with van der Waals surface area (Å²) in [7, 11) is 0. The van der Waals surface area contributed by atoms with Crippen LogP contribution in [0.5, 0.6) is 0 Å². The number of pyridine rings is 1. The fraction of sp³-hybridized carbons (Fsp3) is 0.308. The van der Waals surface area contributed by atoms with E-state index in [1.54, 1.807) is 6.20 Å². The highest BCUT2D eigenvalue weighted by Gasteiger charge is 2.13. The van der Waals surface area contributed by atoms with Crippen molar-refractivity contribution in [3.8, 4) is 11.5 Å². The van der Waals surface area contributed by atoms with Gasteiger partial charge in [-0.1, -0.05) is 31.5 Å². The second-order valence-electron chi connectivity index (χ2n) is 4.41. The quantitative estimate of drug-likeness (QED) is 0.795. The Morgan fingerprint density at radius 1 is 1.28 bits per heavy atom. The lowest BCUT2D eigenvalue weighted by Gasteiger charge is -2.09. The van der Waals surface area contributed by atoms with E-state index >= 15 is 0 Å². The summed E-state index contributed by atoms with van der Waals surface area (Å²) in [6.45, 7) is 4.28. The zero-order valence-corrected chi connectivity index (χ0v) is 12.5. The van der Waals surface area contributed by atoms with Crippen molar-refractivity contribution in [3.63, 3.8) is 0 Å². The van der Waals surface area contributed by atoms with Gasteiger partial charge in [0.2, 0.25) is 0 Å². The predicted octanol–water partition coefficient (Wildman–Crippen LogP) is 4.15. The summed E-state index contributed by atoms with van der Waals surface area (Å²) in [5.74, 6) is 1.07. The summed E-state index contributed by atoms with van der Waals surface area (Å²) in [4.78, 5) is 13.0. The molecular formula is C13H13BrClN3. The van der Waals surface area contributed by atoms with E-state index in [1.807, 2.05) is 18.2 Å². The molecule has 0 N–H and O–H groups in total. The van der Waals surface area contributed by atoms with Gasteiger partial charge in [-0.15, -0.1) is 0 Å². The maximum atomic E-state index is 6.13. The average molecular weight is 327 g/mol. The van der Waals surface area contributed by atoms with Crippen LogP contribution < -0.4 is 0 Å². The molecule has 2 rings (SSSR count). The van der Waals surface area contributed by atoms with E-state index in [1.165, 1.54) is 0 Å². The molecule has 0 amide bonds. The first-order valence-electron chi connectivity index (χ1n) is 5.71. The predicted molar refractivity (Wildman–Crippen MR) is 76.5 cm³/mol. The minimum absolute atomic E-state index is 0.432. The van der Waals surface area contributed by atoms with E-state index in [2.05, 4.69) is 44.7 Å². The molecule has 2 aromatic heterocycles. The maximum Gasteiger partial charge on any atom is 0.179 e. The Labute approximate surface area is 120 Å². The maximum absolute atomic E-state index is 6.13. The molecule has 0 spiro atoms. The van der Waals surface area contributed by atoms with E-state index in [0.29, 0.717) is 16.9 Å². The van der Waals surface area contributed by atoms with Gasteiger partial charge in [-0.3, -0.25) is 4.98 Å². The van der Waals surface area contributed by atoms with Gasteiger partial charge >= 0.3 is 0 Å². The number of hydrogen-bond donors (Lipinski definition) is 0. The smallest absolute Gasteiger partial charge is 0.179 e. The van der Waals surface area contributed by atoms with Crippen LogP contribution in [0.15, 0.2) is 28.9 Å². The third-order valence-electron chi connectivity index (χ3n) is 2.37. The van der Waals surface area contributed by atoms with Crippen LogP contribution >= 0.6 is 27.5 Å². The van der Waals surface area contributed by atoms with Crippen LogP contribution in [0.1, 0.15) is 19.5 Å². The Bertz CT molecular complexity index is 543. The van der Waals surface area contributed by atoms with E-state index in [-0.39, 0.29) is 0 Å². The normalized spacial score (nSPS) is 10.9. The van der Waals surface area contributed by atoms with Crippen molar-refractivity contribution in [2.75, 3.05) is 0 Å². The SMILES string of the molecule is CC(C)Cc1nc(-c2ccccn2)nc(Cl)c1Br. The molecule has 0 aliphatic heterocycles. The number of aromatic nitrogens is 3. The molecule has 18 heavy (non-hydrogen) atoms. The van der Waals surface area contributed by atoms with Gasteiger partial charge in [0.15, 0.2) is 5.82 Å². The summed E-state index contributed by atoms with van der Waals surface area (Å²) >= 11 is 9.56. The van der Waals surface area contributed by atoms with Crippen molar-refractivity contribution in [1.82, 2.24) is 15.0 Å². The van der Waals surface area contributed by atoms with E-state index in [9.17, 15) is 0 Å². The van der Waals surface area contributed by atoms with Gasteiger partial charge in [0.1, 0.15) is 10.8 Å². The molecule has 3 nitrogen and oxygen atoms in total. The number of hydrogen-bond acceptors (Lipinski definition) is 3. The largest absolute Gasteiger partial charge is 0.253 e. The summed E-state index contributed by atoms with van der Waals surface area (Å²) in [5, 5.41) is 0.432. The van der Waals surface area contributed by atoms with E-state index in [4.69, 9.17) is 11.6 Å². The minimum atomic E-state index is 0.432. The second kappa shape index (κ2) is 5.76. The molecule has 2 heterocycles. The lowest BCUT2D eigenvalue weighted by Crippen LogP contribution is -2.03. The van der Waals surface area contributed by atoms with Crippen molar-refractivity contribution >= 4 is 27.5 Å². The summed E-state index contributed by atoms with van der Waals surface area (Å²) in [5.41, 5.74) is 1.66. The molecule has 5 heteroatoms. The van der Waals surface area contributed by atoms with Crippen LogP contribution in [-0.2, 0) is 6.42 Å². The van der Waals surface area contributed by atoms with Gasteiger partial charge < -0.3 is 0 Å². The van der Waals surface area contributed by atoms with Crippen molar-refractivity contribution in [3.05, 3.63) is 39.7 Å². The Kier molecular flexibility index (Phi) is 4.30. The molecule has 0 fully saturated rings. The third-order valence-corrected chi connectivity index (χ3v) is 3.71. The Morgan fingerprint density at radius 3 is 2.67 bits per heavy atom. The minimum Gasteiger partial charge on any atom is -0.253 e. The molecule has 0 aliphatic rings. The molecule has 0 bridgehead atoms. The molecule has 0 saturated heterocycles. The molecule has 0 atom stereocenters. The Balaban J connectivity index is 2.47. The van der Waals surface area contributed by atoms with Gasteiger partial charge in [0.25, 0.3) is 0 Å². The zero-order valence-electron chi connectivity index (χ0n) is 10.2. The molecule has 2 aromatic rings. The summed E-state index contributed by atoms with van der Waals surface area (Å²) < 4.78 is 0.776. The second-order valence-corrected chi connectivity index (χ2v) is 5.56. The molecule has 0 aliphatic carbocycles. The van der Waals surface area contributed by atoms with Crippen molar-refractivity contribution in [2.24, 2.45) is 5.92 Å². The Hall–Kier alpha value is -1.00. The van der Waals surface area contributed by atoms with Crippen molar-refractivity contribution in [2.45, 2.75) is 20.3 Å². The van der Waals surface area contributed by atoms with Gasteiger partial charge in [-0.2, -0.15) is 0 Å². The highest BCUT2D eigenvalue weighted by atomic mass is 79.9. The van der Waals surface area contributed by atoms with Gasteiger partial charge in [-0.25, -0.2) is 9.97 Å². The fourth-order valence-corrected chi connectivity index (χ4v) is 2.12. The summed E-state index contributed by atoms with van der Waals surface area (Å²) in [6, 6.07) is 5.64. The Morgan fingerprint density at radius 2 is 2.06 bits per heavy atom. The van der Waals surface area contributed by atoms with E-state index < -0.39 is 0 Å². The number of rotatable bonds is 3. The van der Waals surface area contributed by atoms with Crippen LogP contribution in [-0.4, -0.2) is 15.0 Å². The standard InChI is InChI=1S/C13H13BrClN3/c1-8(2)7-10-11(14)12(15)18-13(17-10)9-5-3-4-6-16-9/h3-6,8H,7H2,1-2H3. The van der Waals surface area contributed by atoms with E-state index in [0.717, 1.165) is 22.3 Å². The third kappa shape index (κ3) is 3.06. The first-order chi connectivity index (χ1) is 8.58. The number of halogens is 2. The lowest BCUT2D eigenvalue weighted by atomic mass is 10.1. The summed E-state index contributed by atoms with van der Waals surface area (Å²) in [6.07, 6.45) is 2.57. The molecule has 94 valence electrons. The first-order valence-corrected chi connectivity index (χ1v) is 6.88. The monoisotopic (exact) mass is 325 g/mol. The van der Waals surface area contributed by atoms with Gasteiger partial charge in [-0.05, 0) is 40.4 Å². The molecule has 0 unspecified atom stereocenters. The lowest BCUT2D eigenvalue weighted by molar-refractivity contribution is 0.632. The van der Waals surface area contributed by atoms with Crippen LogP contribution in [0.3, 0.4) is 0 Å².